The van der Waals surface area contributed by atoms with Gasteiger partial charge in [-0.05, 0) is 13.3 Å². The van der Waals surface area contributed by atoms with Crippen LogP contribution in [0.1, 0.15) is 30.8 Å². The van der Waals surface area contributed by atoms with E-state index >= 15 is 0 Å². The van der Waals surface area contributed by atoms with Crippen LogP contribution >= 0.6 is 0 Å². The van der Waals surface area contributed by atoms with Crippen LogP contribution in [0.25, 0.3) is 0 Å². The Hall–Kier alpha value is -1.52. The van der Waals surface area contributed by atoms with Gasteiger partial charge in [0, 0.05) is 12.6 Å². The molecule has 0 atom stereocenters. The quantitative estimate of drug-likeness (QED) is 0.732. The van der Waals surface area contributed by atoms with Gasteiger partial charge in [0.1, 0.15) is 11.5 Å². The first-order chi connectivity index (χ1) is 6.69. The summed E-state index contributed by atoms with van der Waals surface area (Å²) in [6, 6.07) is 1.54. The van der Waals surface area contributed by atoms with Gasteiger partial charge in [-0.15, -0.1) is 0 Å². The zero-order chi connectivity index (χ0) is 10.6. The van der Waals surface area contributed by atoms with Crippen molar-refractivity contribution < 1.29 is 9.53 Å². The molecular formula is C9H15N3O2. The van der Waals surface area contributed by atoms with E-state index in [0.29, 0.717) is 24.7 Å². The van der Waals surface area contributed by atoms with Gasteiger partial charge in [-0.25, -0.2) is 4.79 Å². The van der Waals surface area contributed by atoms with E-state index in [1.54, 1.807) is 11.6 Å². The number of nitrogen functional groups attached to an aromatic ring is 1. The number of anilines is 1. The van der Waals surface area contributed by atoms with Gasteiger partial charge in [0.25, 0.3) is 0 Å². The Morgan fingerprint density at radius 3 is 2.93 bits per heavy atom. The molecule has 0 saturated carbocycles. The molecule has 0 amide bonds. The fraction of sp³-hybridized carbons (Fsp3) is 0.556. The Balaban J connectivity index is 2.88. The van der Waals surface area contributed by atoms with Crippen molar-refractivity contribution in [1.82, 2.24) is 9.78 Å². The fourth-order valence-electron chi connectivity index (χ4n) is 1.19. The van der Waals surface area contributed by atoms with Crippen LogP contribution < -0.4 is 5.73 Å². The summed E-state index contributed by atoms with van der Waals surface area (Å²) in [7, 11) is 0. The van der Waals surface area contributed by atoms with Crippen molar-refractivity contribution >= 4 is 11.8 Å². The standard InChI is InChI=1S/C9H15N3O2/c1-3-5-12-7(6-8(10)11-12)9(13)14-4-2/h6H,3-5H2,1-2H3,(H2,10,11). The van der Waals surface area contributed by atoms with Gasteiger partial charge in [-0.1, -0.05) is 6.92 Å². The third-order valence-electron chi connectivity index (χ3n) is 1.72. The highest BCUT2D eigenvalue weighted by molar-refractivity contribution is 5.88. The Bertz CT molecular complexity index is 320. The summed E-state index contributed by atoms with van der Waals surface area (Å²) in [4.78, 5) is 11.4. The number of hydrogen-bond acceptors (Lipinski definition) is 4. The number of aromatic nitrogens is 2. The molecule has 5 nitrogen and oxygen atoms in total. The Labute approximate surface area is 82.8 Å². The van der Waals surface area contributed by atoms with Crippen molar-refractivity contribution in [2.24, 2.45) is 0 Å². The third kappa shape index (κ3) is 2.25. The normalized spacial score (nSPS) is 10.1. The molecule has 1 heterocycles. The maximum atomic E-state index is 11.4. The summed E-state index contributed by atoms with van der Waals surface area (Å²) in [5.41, 5.74) is 5.93. The minimum Gasteiger partial charge on any atom is -0.461 e. The average Bonchev–Trinajstić information content (AvgIpc) is 2.48. The number of esters is 1. The first kappa shape index (κ1) is 10.6. The molecule has 5 heteroatoms. The van der Waals surface area contributed by atoms with Crippen molar-refractivity contribution in [2.75, 3.05) is 12.3 Å². The maximum absolute atomic E-state index is 11.4. The topological polar surface area (TPSA) is 70.1 Å². The molecular weight excluding hydrogens is 182 g/mol. The highest BCUT2D eigenvalue weighted by Crippen LogP contribution is 2.08. The van der Waals surface area contributed by atoms with Gasteiger partial charge in [0.2, 0.25) is 0 Å². The van der Waals surface area contributed by atoms with Crippen LogP contribution in [0, 0.1) is 0 Å². The maximum Gasteiger partial charge on any atom is 0.356 e. The minimum absolute atomic E-state index is 0.349. The molecule has 0 radical (unpaired) electrons. The van der Waals surface area contributed by atoms with E-state index in [1.165, 1.54) is 6.07 Å². The van der Waals surface area contributed by atoms with E-state index in [9.17, 15) is 4.79 Å². The first-order valence-corrected chi connectivity index (χ1v) is 4.69. The van der Waals surface area contributed by atoms with Crippen molar-refractivity contribution in [1.29, 1.82) is 0 Å². The molecule has 0 fully saturated rings. The molecule has 78 valence electrons. The van der Waals surface area contributed by atoms with Crippen LogP contribution in [0.15, 0.2) is 6.07 Å². The van der Waals surface area contributed by atoms with Crippen LogP contribution in [-0.2, 0) is 11.3 Å². The van der Waals surface area contributed by atoms with Crippen LogP contribution in [0.3, 0.4) is 0 Å². The van der Waals surface area contributed by atoms with Crippen molar-refractivity contribution in [3.8, 4) is 0 Å². The molecule has 0 bridgehead atoms. The molecule has 0 saturated heterocycles. The lowest BCUT2D eigenvalue weighted by molar-refractivity contribution is 0.0511. The third-order valence-corrected chi connectivity index (χ3v) is 1.72. The molecule has 0 unspecified atom stereocenters. The second-order valence-corrected chi connectivity index (χ2v) is 2.90. The minimum atomic E-state index is -0.370. The Morgan fingerprint density at radius 1 is 1.64 bits per heavy atom. The van der Waals surface area contributed by atoms with Crippen molar-refractivity contribution in [3.05, 3.63) is 11.8 Å². The predicted molar refractivity (Wildman–Crippen MR) is 52.9 cm³/mol. The Kier molecular flexibility index (Phi) is 3.50. The fourth-order valence-corrected chi connectivity index (χ4v) is 1.19. The monoisotopic (exact) mass is 197 g/mol. The zero-order valence-electron chi connectivity index (χ0n) is 8.49. The highest BCUT2D eigenvalue weighted by atomic mass is 16.5. The van der Waals surface area contributed by atoms with Crippen LogP contribution in [0.5, 0.6) is 0 Å². The number of nitrogens with zero attached hydrogens (tertiary/aromatic N) is 2. The summed E-state index contributed by atoms with van der Waals surface area (Å²) < 4.78 is 6.45. The van der Waals surface area contributed by atoms with Gasteiger partial charge in [-0.3, -0.25) is 4.68 Å². The second-order valence-electron chi connectivity index (χ2n) is 2.90. The SMILES string of the molecule is CCCn1nc(N)cc1C(=O)OCC. The summed E-state index contributed by atoms with van der Waals surface area (Å²) >= 11 is 0. The van der Waals surface area contributed by atoms with E-state index in [1.807, 2.05) is 6.92 Å². The lowest BCUT2D eigenvalue weighted by atomic mass is 10.4. The van der Waals surface area contributed by atoms with E-state index < -0.39 is 0 Å². The van der Waals surface area contributed by atoms with E-state index in [-0.39, 0.29) is 5.97 Å². The summed E-state index contributed by atoms with van der Waals surface area (Å²) in [5, 5.41) is 4.00. The number of nitrogens with two attached hydrogens (primary N) is 1. The zero-order valence-corrected chi connectivity index (χ0v) is 8.49. The number of ether oxygens (including phenoxy) is 1. The lowest BCUT2D eigenvalue weighted by Crippen LogP contribution is -2.13. The lowest BCUT2D eigenvalue weighted by Gasteiger charge is -2.04. The molecule has 0 aromatic carbocycles. The molecule has 1 aromatic rings. The summed E-state index contributed by atoms with van der Waals surface area (Å²) in [6.07, 6.45) is 0.896. The first-order valence-electron chi connectivity index (χ1n) is 4.69. The number of aryl methyl sites for hydroxylation is 1. The molecule has 0 spiro atoms. The van der Waals surface area contributed by atoms with Gasteiger partial charge in [-0.2, -0.15) is 5.10 Å². The van der Waals surface area contributed by atoms with E-state index in [2.05, 4.69) is 5.10 Å². The predicted octanol–water partition coefficient (Wildman–Crippen LogP) is 1.05. The molecule has 14 heavy (non-hydrogen) atoms. The number of carbonyl (C=O) groups excluding carboxylic acids is 1. The van der Waals surface area contributed by atoms with Crippen molar-refractivity contribution in [2.45, 2.75) is 26.8 Å². The highest BCUT2D eigenvalue weighted by Gasteiger charge is 2.14. The van der Waals surface area contributed by atoms with Crippen LogP contribution in [0.4, 0.5) is 5.82 Å². The van der Waals surface area contributed by atoms with Gasteiger partial charge in [0.15, 0.2) is 0 Å². The van der Waals surface area contributed by atoms with Gasteiger partial charge < -0.3 is 10.5 Å². The summed E-state index contributed by atoms with van der Waals surface area (Å²) in [6.45, 7) is 4.80. The van der Waals surface area contributed by atoms with Gasteiger partial charge in [0.05, 0.1) is 6.61 Å². The largest absolute Gasteiger partial charge is 0.461 e. The second kappa shape index (κ2) is 4.64. The molecule has 1 aromatic heterocycles. The average molecular weight is 197 g/mol. The van der Waals surface area contributed by atoms with Gasteiger partial charge >= 0.3 is 5.97 Å². The molecule has 2 N–H and O–H groups in total. The van der Waals surface area contributed by atoms with Crippen molar-refractivity contribution in [3.63, 3.8) is 0 Å². The van der Waals surface area contributed by atoms with Crippen LogP contribution in [-0.4, -0.2) is 22.4 Å². The smallest absolute Gasteiger partial charge is 0.356 e. The summed E-state index contributed by atoms with van der Waals surface area (Å²) in [5.74, 6) is -0.0216. The molecule has 0 aliphatic heterocycles. The van der Waals surface area contributed by atoms with E-state index in [0.717, 1.165) is 6.42 Å². The van der Waals surface area contributed by atoms with E-state index in [4.69, 9.17) is 10.5 Å². The number of carbonyl (C=O) groups is 1. The number of hydrogen-bond donors (Lipinski definition) is 1. The molecule has 0 aliphatic rings. The Morgan fingerprint density at radius 2 is 2.36 bits per heavy atom. The number of rotatable bonds is 4. The molecule has 0 aliphatic carbocycles. The molecule has 1 rings (SSSR count). The van der Waals surface area contributed by atoms with Crippen LogP contribution in [0.2, 0.25) is 0 Å².